The van der Waals surface area contributed by atoms with Crippen LogP contribution >= 0.6 is 11.3 Å². The fraction of sp³-hybridized carbons (Fsp3) is 0.400. The molecule has 1 aromatic carbocycles. The molecule has 0 bridgehead atoms. The Morgan fingerprint density at radius 1 is 1.21 bits per heavy atom. The number of benzene rings is 1. The lowest BCUT2D eigenvalue weighted by molar-refractivity contribution is 0.241. The van der Waals surface area contributed by atoms with Crippen LogP contribution in [0, 0.1) is 0 Å². The summed E-state index contributed by atoms with van der Waals surface area (Å²) in [6, 6.07) is 8.33. The molecule has 2 amide bonds. The van der Waals surface area contributed by atoms with Crippen LogP contribution < -0.4 is 10.6 Å². The molecule has 1 aromatic heterocycles. The number of nitrogens with one attached hydrogen (secondary N) is 2. The highest BCUT2D eigenvalue weighted by atomic mass is 32.1. The predicted molar refractivity (Wildman–Crippen MR) is 81.8 cm³/mol. The maximum absolute atomic E-state index is 11.5. The molecule has 2 N–H and O–H groups in total. The first-order chi connectivity index (χ1) is 9.31. The molecule has 0 saturated carbocycles. The van der Waals surface area contributed by atoms with E-state index in [1.165, 1.54) is 15.6 Å². The van der Waals surface area contributed by atoms with Crippen molar-refractivity contribution in [2.24, 2.45) is 0 Å². The number of urea groups is 1. The van der Waals surface area contributed by atoms with Gasteiger partial charge >= 0.3 is 6.03 Å². The number of thiophene rings is 1. The van der Waals surface area contributed by atoms with E-state index in [1.54, 1.807) is 11.3 Å². The van der Waals surface area contributed by atoms with E-state index in [1.807, 2.05) is 0 Å². The first-order valence-electron chi connectivity index (χ1n) is 6.78. The molecule has 0 radical (unpaired) electrons. The van der Waals surface area contributed by atoms with Gasteiger partial charge in [0.25, 0.3) is 0 Å². The van der Waals surface area contributed by atoms with Gasteiger partial charge in [0.1, 0.15) is 0 Å². The summed E-state index contributed by atoms with van der Waals surface area (Å²) in [6.45, 7) is 3.55. The van der Waals surface area contributed by atoms with Gasteiger partial charge in [-0.1, -0.05) is 31.5 Å². The summed E-state index contributed by atoms with van der Waals surface area (Å²) in [6.07, 6.45) is 3.01. The Morgan fingerprint density at radius 2 is 2.00 bits per heavy atom. The van der Waals surface area contributed by atoms with Crippen molar-refractivity contribution in [2.45, 2.75) is 26.2 Å². The monoisotopic (exact) mass is 276 g/mol. The highest BCUT2D eigenvalue weighted by molar-refractivity contribution is 7.17. The van der Waals surface area contributed by atoms with Crippen LogP contribution in [0.5, 0.6) is 0 Å². The molecule has 2 aromatic rings. The van der Waals surface area contributed by atoms with Gasteiger partial charge in [-0.2, -0.15) is 0 Å². The predicted octanol–water partition coefficient (Wildman–Crippen LogP) is 3.54. The Morgan fingerprint density at radius 3 is 2.84 bits per heavy atom. The van der Waals surface area contributed by atoms with Gasteiger partial charge in [0.15, 0.2) is 0 Å². The van der Waals surface area contributed by atoms with Crippen molar-refractivity contribution in [3.8, 4) is 0 Å². The number of unbranched alkanes of at least 4 members (excludes halogenated alkanes) is 1. The largest absolute Gasteiger partial charge is 0.338 e. The van der Waals surface area contributed by atoms with Gasteiger partial charge in [0, 0.05) is 17.8 Å². The van der Waals surface area contributed by atoms with E-state index in [2.05, 4.69) is 47.2 Å². The van der Waals surface area contributed by atoms with Gasteiger partial charge in [0.2, 0.25) is 0 Å². The number of carbonyl (C=O) groups excluding carboxylic acids is 1. The molecule has 2 rings (SSSR count). The number of fused-ring (bicyclic) bond motifs is 1. The third kappa shape index (κ3) is 3.96. The van der Waals surface area contributed by atoms with Gasteiger partial charge < -0.3 is 10.6 Å². The van der Waals surface area contributed by atoms with E-state index in [9.17, 15) is 4.79 Å². The minimum absolute atomic E-state index is 0.0621. The zero-order valence-corrected chi connectivity index (χ0v) is 12.1. The quantitative estimate of drug-likeness (QED) is 0.778. The highest BCUT2D eigenvalue weighted by Crippen LogP contribution is 2.25. The normalized spacial score (nSPS) is 10.6. The van der Waals surface area contributed by atoms with Crippen molar-refractivity contribution >= 4 is 27.5 Å². The SMILES string of the molecule is CCCCNC(=O)NCCc1csc2ccccc12. The fourth-order valence-corrected chi connectivity index (χ4v) is 2.98. The molecule has 4 heteroatoms. The maximum Gasteiger partial charge on any atom is 0.314 e. The number of amides is 2. The molecule has 0 fully saturated rings. The molecular formula is C15H20N2OS. The summed E-state index contributed by atoms with van der Waals surface area (Å²) in [4.78, 5) is 11.5. The van der Waals surface area contributed by atoms with Crippen LogP contribution in [-0.4, -0.2) is 19.1 Å². The molecule has 1 heterocycles. The Kier molecular flexibility index (Phi) is 5.21. The van der Waals surface area contributed by atoms with Crippen molar-refractivity contribution in [2.75, 3.05) is 13.1 Å². The number of hydrogen-bond acceptors (Lipinski definition) is 2. The van der Waals surface area contributed by atoms with Crippen LogP contribution in [0.4, 0.5) is 4.79 Å². The van der Waals surface area contributed by atoms with Crippen LogP contribution in [0.2, 0.25) is 0 Å². The Hall–Kier alpha value is -1.55. The second-order valence-electron chi connectivity index (χ2n) is 4.54. The van der Waals surface area contributed by atoms with Crippen LogP contribution in [0.1, 0.15) is 25.3 Å². The van der Waals surface area contributed by atoms with E-state index >= 15 is 0 Å². The van der Waals surface area contributed by atoms with Gasteiger partial charge in [-0.15, -0.1) is 11.3 Å². The molecule has 0 atom stereocenters. The Bertz CT molecular complexity index is 536. The third-order valence-electron chi connectivity index (χ3n) is 3.06. The van der Waals surface area contributed by atoms with E-state index in [4.69, 9.17) is 0 Å². The standard InChI is InChI=1S/C15H20N2OS/c1-2-3-9-16-15(18)17-10-8-12-11-19-14-7-5-4-6-13(12)14/h4-7,11H,2-3,8-10H2,1H3,(H2,16,17,18). The molecule has 0 aliphatic heterocycles. The van der Waals surface area contributed by atoms with Gasteiger partial charge in [0.05, 0.1) is 0 Å². The first-order valence-corrected chi connectivity index (χ1v) is 7.66. The summed E-state index contributed by atoms with van der Waals surface area (Å²) in [5.74, 6) is 0. The minimum atomic E-state index is -0.0621. The number of hydrogen-bond donors (Lipinski definition) is 2. The van der Waals surface area contributed by atoms with Crippen molar-refractivity contribution < 1.29 is 4.79 Å². The van der Waals surface area contributed by atoms with E-state index in [-0.39, 0.29) is 6.03 Å². The second kappa shape index (κ2) is 7.14. The molecule has 3 nitrogen and oxygen atoms in total. The van der Waals surface area contributed by atoms with Gasteiger partial charge in [-0.3, -0.25) is 0 Å². The van der Waals surface area contributed by atoms with Gasteiger partial charge in [-0.05, 0) is 35.2 Å². The molecule has 0 saturated heterocycles. The molecule has 0 spiro atoms. The molecule has 0 unspecified atom stereocenters. The summed E-state index contributed by atoms with van der Waals surface area (Å²) in [5.41, 5.74) is 1.31. The van der Waals surface area contributed by atoms with Crippen molar-refractivity contribution in [1.82, 2.24) is 10.6 Å². The minimum Gasteiger partial charge on any atom is -0.338 e. The molecule has 102 valence electrons. The second-order valence-corrected chi connectivity index (χ2v) is 5.45. The highest BCUT2D eigenvalue weighted by Gasteiger charge is 2.04. The first kappa shape index (κ1) is 13.9. The average molecular weight is 276 g/mol. The van der Waals surface area contributed by atoms with Crippen LogP contribution in [0.3, 0.4) is 0 Å². The van der Waals surface area contributed by atoms with Crippen LogP contribution in [0.25, 0.3) is 10.1 Å². The summed E-state index contributed by atoms with van der Waals surface area (Å²) in [5, 5.41) is 9.24. The summed E-state index contributed by atoms with van der Waals surface area (Å²) < 4.78 is 1.31. The fourth-order valence-electron chi connectivity index (χ4n) is 1.98. The summed E-state index contributed by atoms with van der Waals surface area (Å²) >= 11 is 1.76. The molecule has 19 heavy (non-hydrogen) atoms. The number of carbonyl (C=O) groups is 1. The number of rotatable bonds is 6. The van der Waals surface area contributed by atoms with Crippen LogP contribution in [-0.2, 0) is 6.42 Å². The van der Waals surface area contributed by atoms with Crippen LogP contribution in [0.15, 0.2) is 29.6 Å². The lowest BCUT2D eigenvalue weighted by atomic mass is 10.1. The van der Waals surface area contributed by atoms with E-state index in [0.29, 0.717) is 6.54 Å². The van der Waals surface area contributed by atoms with E-state index < -0.39 is 0 Å². The Balaban J connectivity index is 1.78. The smallest absolute Gasteiger partial charge is 0.314 e. The molecule has 0 aliphatic carbocycles. The van der Waals surface area contributed by atoms with Crippen molar-refractivity contribution in [3.63, 3.8) is 0 Å². The maximum atomic E-state index is 11.5. The Labute approximate surface area is 118 Å². The summed E-state index contributed by atoms with van der Waals surface area (Å²) in [7, 11) is 0. The topological polar surface area (TPSA) is 41.1 Å². The molecular weight excluding hydrogens is 256 g/mol. The van der Waals surface area contributed by atoms with E-state index in [0.717, 1.165) is 25.8 Å². The van der Waals surface area contributed by atoms with Gasteiger partial charge in [-0.25, -0.2) is 4.79 Å². The average Bonchev–Trinajstić information content (AvgIpc) is 2.83. The third-order valence-corrected chi connectivity index (χ3v) is 4.07. The van der Waals surface area contributed by atoms with Crippen molar-refractivity contribution in [1.29, 1.82) is 0 Å². The zero-order chi connectivity index (χ0) is 13.5. The molecule has 0 aliphatic rings. The lowest BCUT2D eigenvalue weighted by Crippen LogP contribution is -2.37. The zero-order valence-electron chi connectivity index (χ0n) is 11.2. The lowest BCUT2D eigenvalue weighted by Gasteiger charge is -2.06. The van der Waals surface area contributed by atoms with Crippen molar-refractivity contribution in [3.05, 3.63) is 35.2 Å².